The molecule has 7 nitrogen and oxygen atoms in total. The van der Waals surface area contributed by atoms with E-state index in [0.29, 0.717) is 23.5 Å². The van der Waals surface area contributed by atoms with Gasteiger partial charge in [-0.05, 0) is 79.9 Å². The second kappa shape index (κ2) is 8.88. The summed E-state index contributed by atoms with van der Waals surface area (Å²) in [5.41, 5.74) is 2.87. The number of rotatable bonds is 9. The van der Waals surface area contributed by atoms with Crippen molar-refractivity contribution in [2.45, 2.75) is 51.0 Å². The number of hydrogen-bond donors (Lipinski definition) is 2. The number of amides is 1. The van der Waals surface area contributed by atoms with E-state index in [9.17, 15) is 4.79 Å². The zero-order chi connectivity index (χ0) is 22.1. The van der Waals surface area contributed by atoms with Crippen LogP contribution in [0.2, 0.25) is 0 Å². The van der Waals surface area contributed by atoms with E-state index in [1.807, 2.05) is 53.2 Å². The molecule has 2 N–H and O–H groups in total. The summed E-state index contributed by atoms with van der Waals surface area (Å²) in [6.07, 6.45) is 4.57. The molecule has 0 unspecified atom stereocenters. The fourth-order valence-electron chi connectivity index (χ4n) is 3.74. The molecule has 0 atom stereocenters. The highest BCUT2D eigenvalue weighted by Gasteiger charge is 2.29. The van der Waals surface area contributed by atoms with Crippen molar-refractivity contribution in [1.29, 1.82) is 0 Å². The molecule has 2 aromatic carbocycles. The van der Waals surface area contributed by atoms with Gasteiger partial charge in [-0.1, -0.05) is 12.1 Å². The lowest BCUT2D eigenvalue weighted by Gasteiger charge is -2.22. The van der Waals surface area contributed by atoms with Gasteiger partial charge >= 0.3 is 0 Å². The van der Waals surface area contributed by atoms with Crippen molar-refractivity contribution in [3.05, 3.63) is 64.4 Å². The number of aromatic nitrogens is 3. The predicted molar refractivity (Wildman–Crippen MR) is 125 cm³/mol. The summed E-state index contributed by atoms with van der Waals surface area (Å²) in [4.78, 5) is 19.2. The maximum absolute atomic E-state index is 12.2. The number of nitrogens with one attached hydrogen (secondary N) is 2. The summed E-state index contributed by atoms with van der Waals surface area (Å²) in [7, 11) is 1.65. The van der Waals surface area contributed by atoms with E-state index in [1.54, 1.807) is 7.11 Å². The second-order valence-corrected chi connectivity index (χ2v) is 8.94. The first-order chi connectivity index (χ1) is 15.6. The topological polar surface area (TPSA) is 75.2 Å². The maximum atomic E-state index is 12.2. The van der Waals surface area contributed by atoms with E-state index >= 15 is 0 Å². The Labute approximate surface area is 192 Å². The molecule has 2 aliphatic rings. The number of nitrogens with zero attached hydrogens (tertiary/aromatic N) is 3. The average Bonchev–Trinajstić information content (AvgIpc) is 3.74. The van der Waals surface area contributed by atoms with Crippen LogP contribution in [0.15, 0.2) is 48.5 Å². The van der Waals surface area contributed by atoms with Crippen LogP contribution in [-0.4, -0.2) is 44.8 Å². The van der Waals surface area contributed by atoms with Gasteiger partial charge in [0.05, 0.1) is 13.8 Å². The molecular weight excluding hydrogens is 422 g/mol. The molecule has 32 heavy (non-hydrogen) atoms. The van der Waals surface area contributed by atoms with Gasteiger partial charge in [0.15, 0.2) is 5.82 Å². The van der Waals surface area contributed by atoms with Gasteiger partial charge in [0.2, 0.25) is 4.77 Å². The Morgan fingerprint density at radius 2 is 1.88 bits per heavy atom. The van der Waals surface area contributed by atoms with Gasteiger partial charge in [0, 0.05) is 29.8 Å². The Morgan fingerprint density at radius 3 is 2.50 bits per heavy atom. The van der Waals surface area contributed by atoms with Gasteiger partial charge in [0.1, 0.15) is 5.75 Å². The molecule has 1 amide bonds. The molecule has 0 radical (unpaired) electrons. The molecule has 0 spiro atoms. The third-order valence-electron chi connectivity index (χ3n) is 5.94. The number of H-pyrrole nitrogens is 1. The molecule has 2 fully saturated rings. The normalized spacial score (nSPS) is 15.7. The molecule has 3 aromatic rings. The van der Waals surface area contributed by atoms with Gasteiger partial charge < -0.3 is 10.1 Å². The van der Waals surface area contributed by atoms with E-state index in [1.165, 1.54) is 18.4 Å². The lowest BCUT2D eigenvalue weighted by Crippen LogP contribution is -2.29. The largest absolute Gasteiger partial charge is 0.497 e. The smallest absolute Gasteiger partial charge is 0.251 e. The minimum atomic E-state index is 0.0212. The third kappa shape index (κ3) is 4.92. The second-order valence-electron chi connectivity index (χ2n) is 8.58. The Bertz CT molecular complexity index is 1140. The molecule has 1 heterocycles. The van der Waals surface area contributed by atoms with Crippen molar-refractivity contribution in [1.82, 2.24) is 25.0 Å². The van der Waals surface area contributed by atoms with Crippen molar-refractivity contribution in [2.24, 2.45) is 0 Å². The Kier molecular flexibility index (Phi) is 5.80. The van der Waals surface area contributed by atoms with E-state index in [-0.39, 0.29) is 5.91 Å². The van der Waals surface area contributed by atoms with Crippen LogP contribution >= 0.6 is 12.2 Å². The van der Waals surface area contributed by atoms with Crippen LogP contribution in [0.1, 0.15) is 41.6 Å². The van der Waals surface area contributed by atoms with Gasteiger partial charge in [-0.3, -0.25) is 14.8 Å². The van der Waals surface area contributed by atoms with E-state index in [0.717, 1.165) is 42.1 Å². The Morgan fingerprint density at radius 1 is 1.16 bits per heavy atom. The molecular formula is C24H27N5O2S. The van der Waals surface area contributed by atoms with Crippen LogP contribution in [0, 0.1) is 4.77 Å². The lowest BCUT2D eigenvalue weighted by molar-refractivity contribution is 0.0951. The number of methoxy groups -OCH3 is 1. The fourth-order valence-corrected chi connectivity index (χ4v) is 3.93. The number of benzene rings is 2. The molecule has 0 bridgehead atoms. The zero-order valence-electron chi connectivity index (χ0n) is 18.1. The van der Waals surface area contributed by atoms with Crippen LogP contribution in [0.3, 0.4) is 0 Å². The first kappa shape index (κ1) is 20.9. The summed E-state index contributed by atoms with van der Waals surface area (Å²) >= 11 is 5.52. The van der Waals surface area contributed by atoms with Crippen molar-refractivity contribution in [3.8, 4) is 17.1 Å². The molecule has 5 rings (SSSR count). The van der Waals surface area contributed by atoms with Crippen molar-refractivity contribution in [2.75, 3.05) is 7.11 Å². The Balaban J connectivity index is 1.27. The molecule has 166 valence electrons. The predicted octanol–water partition coefficient (Wildman–Crippen LogP) is 4.13. The quantitative estimate of drug-likeness (QED) is 0.481. The van der Waals surface area contributed by atoms with Crippen molar-refractivity contribution >= 4 is 18.1 Å². The van der Waals surface area contributed by atoms with E-state index in [4.69, 9.17) is 17.0 Å². The molecule has 2 saturated carbocycles. The minimum absolute atomic E-state index is 0.0212. The minimum Gasteiger partial charge on any atom is -0.497 e. The van der Waals surface area contributed by atoms with E-state index in [2.05, 4.69) is 20.3 Å². The zero-order valence-corrected chi connectivity index (χ0v) is 18.9. The van der Waals surface area contributed by atoms with Crippen LogP contribution in [0.5, 0.6) is 5.75 Å². The molecule has 8 heteroatoms. The van der Waals surface area contributed by atoms with Gasteiger partial charge in [0.25, 0.3) is 5.91 Å². The number of carbonyl (C=O) groups is 1. The molecule has 0 saturated heterocycles. The standard InChI is InChI=1S/C24H27N5O2S/c1-31-21-12-6-17(7-13-21)22-26-24(32)29(27-22)15-28(20-10-11-20)14-16-2-4-18(5-3-16)23(30)25-19-8-9-19/h2-7,12-13,19-20H,8-11,14-15H2,1H3,(H,25,30)(H,26,27,32). The third-order valence-corrected chi connectivity index (χ3v) is 6.26. The monoisotopic (exact) mass is 449 g/mol. The number of ether oxygens (including phenoxy) is 1. The highest BCUT2D eigenvalue weighted by atomic mass is 32.1. The van der Waals surface area contributed by atoms with Crippen molar-refractivity contribution < 1.29 is 9.53 Å². The van der Waals surface area contributed by atoms with Gasteiger partial charge in [-0.25, -0.2) is 4.68 Å². The van der Waals surface area contributed by atoms with Gasteiger partial charge in [-0.2, -0.15) is 4.98 Å². The summed E-state index contributed by atoms with van der Waals surface area (Å²) in [6, 6.07) is 16.6. The van der Waals surface area contributed by atoms with Crippen LogP contribution < -0.4 is 10.1 Å². The van der Waals surface area contributed by atoms with Crippen LogP contribution in [-0.2, 0) is 13.2 Å². The fraction of sp³-hybridized carbons (Fsp3) is 0.375. The highest BCUT2D eigenvalue weighted by molar-refractivity contribution is 7.71. The van der Waals surface area contributed by atoms with Crippen LogP contribution in [0.25, 0.3) is 11.4 Å². The Hall–Kier alpha value is -2.97. The summed E-state index contributed by atoms with van der Waals surface area (Å²) in [5, 5.41) is 6.39. The lowest BCUT2D eigenvalue weighted by atomic mass is 10.1. The molecule has 0 aliphatic heterocycles. The number of aromatic amines is 1. The number of carbonyl (C=O) groups excluding carboxylic acids is 1. The highest BCUT2D eigenvalue weighted by Crippen LogP contribution is 2.29. The van der Waals surface area contributed by atoms with E-state index < -0.39 is 0 Å². The van der Waals surface area contributed by atoms with Crippen LogP contribution in [0.4, 0.5) is 0 Å². The molecule has 2 aliphatic carbocycles. The summed E-state index contributed by atoms with van der Waals surface area (Å²) in [5.74, 6) is 1.58. The maximum Gasteiger partial charge on any atom is 0.251 e. The van der Waals surface area contributed by atoms with Gasteiger partial charge in [-0.15, -0.1) is 0 Å². The molecule has 1 aromatic heterocycles. The number of hydrogen-bond acceptors (Lipinski definition) is 5. The van der Waals surface area contributed by atoms with Crippen molar-refractivity contribution in [3.63, 3.8) is 0 Å². The SMILES string of the molecule is COc1ccc(-c2nc(=S)n(CN(Cc3ccc(C(=O)NC4CC4)cc3)C3CC3)[nH]2)cc1. The first-order valence-electron chi connectivity index (χ1n) is 11.0. The average molecular weight is 450 g/mol. The summed E-state index contributed by atoms with van der Waals surface area (Å²) in [6.45, 7) is 1.45. The first-order valence-corrected chi connectivity index (χ1v) is 11.4. The summed E-state index contributed by atoms with van der Waals surface area (Å²) < 4.78 is 7.69.